The lowest BCUT2D eigenvalue weighted by atomic mass is 10.1. The van der Waals surface area contributed by atoms with Crippen LogP contribution in [-0.2, 0) is 30.4 Å². The first-order valence-corrected chi connectivity index (χ1v) is 8.66. The fraction of sp³-hybridized carbons (Fsp3) is 0.500. The second kappa shape index (κ2) is 10.8. The molecule has 1 aromatic heterocycles. The Morgan fingerprint density at radius 2 is 1.62 bits per heavy atom. The van der Waals surface area contributed by atoms with Crippen molar-refractivity contribution in [3.8, 4) is 0 Å². The number of imidazole rings is 1. The highest BCUT2D eigenvalue weighted by Crippen LogP contribution is 2.00. The highest BCUT2D eigenvalue weighted by atomic mass is 16.4. The second-order valence-electron chi connectivity index (χ2n) is 6.42. The molecule has 13 heteroatoms. The number of carbonyl (C=O) groups excluding carboxylic acids is 4. The number of nitrogens with zero attached hydrogens (tertiary/aromatic N) is 1. The summed E-state index contributed by atoms with van der Waals surface area (Å²) in [5.41, 5.74) is 10.9. The van der Waals surface area contributed by atoms with Crippen LogP contribution in [0.5, 0.6) is 0 Å². The Hall–Kier alpha value is -3.48. The highest BCUT2D eigenvalue weighted by Gasteiger charge is 2.27. The molecule has 0 aliphatic rings. The molecule has 9 N–H and O–H groups in total. The van der Waals surface area contributed by atoms with Gasteiger partial charge in [-0.3, -0.25) is 19.2 Å². The molecule has 160 valence electrons. The minimum absolute atomic E-state index is 0.0219. The number of aromatic amines is 1. The molecule has 0 bridgehead atoms. The van der Waals surface area contributed by atoms with Gasteiger partial charge >= 0.3 is 5.97 Å². The van der Waals surface area contributed by atoms with Crippen molar-refractivity contribution in [2.45, 2.75) is 50.9 Å². The summed E-state index contributed by atoms with van der Waals surface area (Å²) in [5.74, 6) is -4.20. The van der Waals surface area contributed by atoms with Crippen LogP contribution in [0.15, 0.2) is 12.5 Å². The molecule has 1 aromatic rings. The van der Waals surface area contributed by atoms with Crippen LogP contribution < -0.4 is 27.4 Å². The van der Waals surface area contributed by atoms with Gasteiger partial charge < -0.3 is 37.5 Å². The maximum absolute atomic E-state index is 12.2. The van der Waals surface area contributed by atoms with E-state index in [4.69, 9.17) is 11.5 Å². The number of carboxylic acid groups (broad SMARTS) is 1. The Labute approximate surface area is 166 Å². The van der Waals surface area contributed by atoms with E-state index in [1.54, 1.807) is 0 Å². The van der Waals surface area contributed by atoms with E-state index >= 15 is 0 Å². The number of carbonyl (C=O) groups is 5. The molecule has 0 saturated heterocycles. The smallest absolute Gasteiger partial charge is 0.326 e. The topological polar surface area (TPSA) is 222 Å². The average molecular weight is 411 g/mol. The minimum Gasteiger partial charge on any atom is -0.480 e. The molecule has 1 rings (SSSR count). The second-order valence-corrected chi connectivity index (χ2v) is 6.42. The molecular weight excluding hydrogens is 386 g/mol. The van der Waals surface area contributed by atoms with E-state index < -0.39 is 53.8 Å². The summed E-state index contributed by atoms with van der Waals surface area (Å²) in [6.07, 6.45) is 2.41. The van der Waals surface area contributed by atoms with E-state index in [2.05, 4.69) is 25.9 Å². The van der Waals surface area contributed by atoms with Gasteiger partial charge in [-0.15, -0.1) is 0 Å². The van der Waals surface area contributed by atoms with Crippen molar-refractivity contribution in [3.05, 3.63) is 18.2 Å². The van der Waals surface area contributed by atoms with Crippen LogP contribution in [-0.4, -0.2) is 68.8 Å². The van der Waals surface area contributed by atoms with Gasteiger partial charge in [-0.2, -0.15) is 0 Å². The summed E-state index contributed by atoms with van der Waals surface area (Å²) >= 11 is 0. The van der Waals surface area contributed by atoms with Crippen LogP contribution >= 0.6 is 0 Å². The van der Waals surface area contributed by atoms with Crippen LogP contribution in [0.1, 0.15) is 26.0 Å². The number of nitrogens with one attached hydrogen (secondary N) is 4. The van der Waals surface area contributed by atoms with E-state index in [1.165, 1.54) is 26.4 Å². The third-order valence-electron chi connectivity index (χ3n) is 3.86. The van der Waals surface area contributed by atoms with Gasteiger partial charge in [0.2, 0.25) is 23.6 Å². The third kappa shape index (κ3) is 7.96. The van der Waals surface area contributed by atoms with Gasteiger partial charge in [0.1, 0.15) is 18.1 Å². The van der Waals surface area contributed by atoms with Gasteiger partial charge in [-0.05, 0) is 13.8 Å². The van der Waals surface area contributed by atoms with Crippen LogP contribution in [0.2, 0.25) is 0 Å². The SMILES string of the molecule is CC(NC(=O)C(N)CC(N)=O)C(=O)NC(C)C(=O)NC(Cc1cnc[nH]1)C(=O)O. The zero-order valence-electron chi connectivity index (χ0n) is 16.0. The van der Waals surface area contributed by atoms with Gasteiger partial charge in [-0.25, -0.2) is 9.78 Å². The van der Waals surface area contributed by atoms with Crippen LogP contribution in [0, 0.1) is 0 Å². The van der Waals surface area contributed by atoms with Gasteiger partial charge in [-0.1, -0.05) is 0 Å². The van der Waals surface area contributed by atoms with Gasteiger partial charge in [0.05, 0.1) is 18.8 Å². The van der Waals surface area contributed by atoms with Crippen molar-refractivity contribution in [2.24, 2.45) is 11.5 Å². The highest BCUT2D eigenvalue weighted by molar-refractivity contribution is 5.94. The third-order valence-corrected chi connectivity index (χ3v) is 3.86. The number of amides is 4. The fourth-order valence-corrected chi connectivity index (χ4v) is 2.21. The molecule has 0 aliphatic heterocycles. The van der Waals surface area contributed by atoms with Crippen molar-refractivity contribution >= 4 is 29.6 Å². The Morgan fingerprint density at radius 1 is 1.07 bits per heavy atom. The summed E-state index contributed by atoms with van der Waals surface area (Å²) in [4.78, 5) is 64.8. The molecule has 4 atom stereocenters. The molecular formula is C16H25N7O6. The first-order chi connectivity index (χ1) is 13.5. The molecule has 4 amide bonds. The first-order valence-electron chi connectivity index (χ1n) is 8.66. The molecule has 0 fully saturated rings. The summed E-state index contributed by atoms with van der Waals surface area (Å²) in [6, 6.07) is -4.57. The van der Waals surface area contributed by atoms with E-state index in [0.717, 1.165) is 0 Å². The lowest BCUT2D eigenvalue weighted by molar-refractivity contribution is -0.142. The predicted octanol–water partition coefficient (Wildman–Crippen LogP) is -3.27. The minimum atomic E-state index is -1.25. The number of hydrogen-bond donors (Lipinski definition) is 7. The quantitative estimate of drug-likeness (QED) is 0.195. The van der Waals surface area contributed by atoms with Crippen molar-refractivity contribution in [1.29, 1.82) is 0 Å². The summed E-state index contributed by atoms with van der Waals surface area (Å²) < 4.78 is 0. The normalized spacial score (nSPS) is 14.7. The van der Waals surface area contributed by atoms with Crippen LogP contribution in [0.3, 0.4) is 0 Å². The van der Waals surface area contributed by atoms with Crippen molar-refractivity contribution in [1.82, 2.24) is 25.9 Å². The lowest BCUT2D eigenvalue weighted by Crippen LogP contribution is -2.55. The number of H-pyrrole nitrogens is 1. The van der Waals surface area contributed by atoms with E-state index in [-0.39, 0.29) is 12.8 Å². The molecule has 0 aromatic carbocycles. The Bertz CT molecular complexity index is 751. The van der Waals surface area contributed by atoms with Crippen molar-refractivity contribution < 1.29 is 29.1 Å². The molecule has 4 unspecified atom stereocenters. The molecule has 0 aliphatic carbocycles. The Kier molecular flexibility index (Phi) is 8.73. The van der Waals surface area contributed by atoms with Crippen molar-refractivity contribution in [3.63, 3.8) is 0 Å². The Balaban J connectivity index is 2.57. The maximum Gasteiger partial charge on any atom is 0.326 e. The number of primary amides is 1. The van der Waals surface area contributed by atoms with E-state index in [0.29, 0.717) is 5.69 Å². The monoisotopic (exact) mass is 411 g/mol. The zero-order chi connectivity index (χ0) is 22.1. The molecule has 0 saturated carbocycles. The van der Waals surface area contributed by atoms with Gasteiger partial charge in [0, 0.05) is 18.3 Å². The fourth-order valence-electron chi connectivity index (χ4n) is 2.21. The zero-order valence-corrected chi connectivity index (χ0v) is 16.0. The molecule has 0 spiro atoms. The summed E-state index contributed by atoms with van der Waals surface area (Å²) in [5, 5.41) is 16.2. The first kappa shape index (κ1) is 23.6. The number of carboxylic acids is 1. The summed E-state index contributed by atoms with van der Waals surface area (Å²) in [7, 11) is 0. The number of hydrogen-bond acceptors (Lipinski definition) is 7. The number of aromatic nitrogens is 2. The average Bonchev–Trinajstić information content (AvgIpc) is 3.13. The lowest BCUT2D eigenvalue weighted by Gasteiger charge is -2.21. The number of aliphatic carboxylic acids is 1. The molecule has 13 nitrogen and oxygen atoms in total. The van der Waals surface area contributed by atoms with Gasteiger partial charge in [0.15, 0.2) is 0 Å². The molecule has 0 radical (unpaired) electrons. The van der Waals surface area contributed by atoms with Crippen LogP contribution in [0.25, 0.3) is 0 Å². The van der Waals surface area contributed by atoms with Crippen molar-refractivity contribution in [2.75, 3.05) is 0 Å². The summed E-state index contributed by atoms with van der Waals surface area (Å²) in [6.45, 7) is 2.71. The van der Waals surface area contributed by atoms with E-state index in [9.17, 15) is 29.1 Å². The molecule has 29 heavy (non-hydrogen) atoms. The number of nitrogens with two attached hydrogens (primary N) is 2. The predicted molar refractivity (Wildman–Crippen MR) is 98.9 cm³/mol. The number of rotatable bonds is 11. The largest absolute Gasteiger partial charge is 0.480 e. The van der Waals surface area contributed by atoms with Crippen LogP contribution in [0.4, 0.5) is 0 Å². The standard InChI is InChI=1S/C16H25N7O6/c1-7(22-15(27)10(17)4-12(18)24)13(25)21-8(2)14(26)23-11(16(28)29)3-9-5-19-6-20-9/h5-8,10-11H,3-4,17H2,1-2H3,(H2,18,24)(H,19,20)(H,21,25)(H,22,27)(H,23,26)(H,28,29). The Morgan fingerprint density at radius 3 is 2.10 bits per heavy atom. The van der Waals surface area contributed by atoms with Gasteiger partial charge in [0.25, 0.3) is 0 Å². The maximum atomic E-state index is 12.2. The molecule has 1 heterocycles. The van der Waals surface area contributed by atoms with E-state index in [1.807, 2.05) is 0 Å².